The van der Waals surface area contributed by atoms with Gasteiger partial charge in [0.25, 0.3) is 0 Å². The molecule has 0 aromatic rings. The standard InChI is InChI=1S/C15H30N2O2/c1-4-16-14(15(18)19-5-2)11-12-17(3)13-9-7-6-8-10-13/h13-14,16H,4-12H2,1-3H3. The summed E-state index contributed by atoms with van der Waals surface area (Å²) in [6, 6.07) is 0.550. The fourth-order valence-electron chi connectivity index (χ4n) is 2.83. The summed E-state index contributed by atoms with van der Waals surface area (Å²) < 4.78 is 5.11. The SMILES string of the molecule is CCNC(CCN(C)C1CCCCC1)C(=O)OCC. The van der Waals surface area contributed by atoms with Crippen molar-refractivity contribution >= 4 is 5.97 Å². The summed E-state index contributed by atoms with van der Waals surface area (Å²) >= 11 is 0. The average Bonchev–Trinajstić information content (AvgIpc) is 2.44. The minimum Gasteiger partial charge on any atom is -0.465 e. The predicted molar refractivity (Wildman–Crippen MR) is 78.2 cm³/mol. The third-order valence-electron chi connectivity index (χ3n) is 3.99. The van der Waals surface area contributed by atoms with Crippen molar-refractivity contribution in [2.45, 2.75) is 64.5 Å². The topological polar surface area (TPSA) is 41.6 Å². The van der Waals surface area contributed by atoms with Crippen molar-refractivity contribution in [3.63, 3.8) is 0 Å². The zero-order chi connectivity index (χ0) is 14.1. The molecule has 1 unspecified atom stereocenters. The molecule has 112 valence electrons. The molecular weight excluding hydrogens is 240 g/mol. The van der Waals surface area contributed by atoms with E-state index in [0.717, 1.165) is 19.5 Å². The van der Waals surface area contributed by atoms with Crippen LogP contribution in [0.25, 0.3) is 0 Å². The second-order valence-corrected chi connectivity index (χ2v) is 5.42. The monoisotopic (exact) mass is 270 g/mol. The molecule has 0 aliphatic heterocycles. The summed E-state index contributed by atoms with van der Waals surface area (Å²) in [7, 11) is 2.18. The van der Waals surface area contributed by atoms with Crippen LogP contribution >= 0.6 is 0 Å². The highest BCUT2D eigenvalue weighted by atomic mass is 16.5. The molecule has 0 saturated heterocycles. The number of ether oxygens (including phenoxy) is 1. The van der Waals surface area contributed by atoms with Crippen molar-refractivity contribution in [1.82, 2.24) is 10.2 Å². The minimum absolute atomic E-state index is 0.110. The third kappa shape index (κ3) is 5.91. The lowest BCUT2D eigenvalue weighted by molar-refractivity contribution is -0.145. The van der Waals surface area contributed by atoms with E-state index in [1.165, 1.54) is 32.1 Å². The van der Waals surface area contributed by atoms with Crippen LogP contribution in [-0.2, 0) is 9.53 Å². The molecule has 0 bridgehead atoms. The number of carbonyl (C=O) groups excluding carboxylic acids is 1. The van der Waals surface area contributed by atoms with Crippen LogP contribution in [0.2, 0.25) is 0 Å². The van der Waals surface area contributed by atoms with Gasteiger partial charge in [0.1, 0.15) is 6.04 Å². The Hall–Kier alpha value is -0.610. The predicted octanol–water partition coefficient (Wildman–Crippen LogP) is 2.18. The first-order valence-corrected chi connectivity index (χ1v) is 7.79. The summed E-state index contributed by atoms with van der Waals surface area (Å²) in [4.78, 5) is 14.2. The molecule has 1 aliphatic carbocycles. The third-order valence-corrected chi connectivity index (χ3v) is 3.99. The van der Waals surface area contributed by atoms with Gasteiger partial charge in [0, 0.05) is 12.6 Å². The zero-order valence-electron chi connectivity index (χ0n) is 12.8. The van der Waals surface area contributed by atoms with Gasteiger partial charge in [-0.05, 0) is 39.8 Å². The molecule has 1 atom stereocenters. The average molecular weight is 270 g/mol. The van der Waals surface area contributed by atoms with Crippen LogP contribution in [0, 0.1) is 0 Å². The number of hydrogen-bond donors (Lipinski definition) is 1. The van der Waals surface area contributed by atoms with Gasteiger partial charge in [-0.1, -0.05) is 26.2 Å². The number of nitrogens with zero attached hydrogens (tertiary/aromatic N) is 1. The largest absolute Gasteiger partial charge is 0.465 e. The molecule has 4 heteroatoms. The van der Waals surface area contributed by atoms with Gasteiger partial charge in [-0.2, -0.15) is 0 Å². The molecule has 1 rings (SSSR count). The van der Waals surface area contributed by atoms with Gasteiger partial charge < -0.3 is 15.0 Å². The zero-order valence-corrected chi connectivity index (χ0v) is 12.8. The second-order valence-electron chi connectivity index (χ2n) is 5.42. The van der Waals surface area contributed by atoms with Gasteiger partial charge in [-0.25, -0.2) is 0 Å². The summed E-state index contributed by atoms with van der Waals surface area (Å²) in [5.74, 6) is -0.110. The Labute approximate surface area is 117 Å². The van der Waals surface area contributed by atoms with Gasteiger partial charge in [0.2, 0.25) is 0 Å². The Morgan fingerprint density at radius 3 is 2.58 bits per heavy atom. The Kier molecular flexibility index (Phi) is 8.07. The number of rotatable bonds is 8. The van der Waals surface area contributed by atoms with Crippen LogP contribution in [-0.4, -0.2) is 49.7 Å². The van der Waals surface area contributed by atoms with E-state index in [4.69, 9.17) is 4.74 Å². The van der Waals surface area contributed by atoms with Crippen molar-refractivity contribution in [2.24, 2.45) is 0 Å². The first-order valence-electron chi connectivity index (χ1n) is 7.79. The lowest BCUT2D eigenvalue weighted by Crippen LogP contribution is -2.42. The highest BCUT2D eigenvalue weighted by molar-refractivity contribution is 5.75. The Bertz CT molecular complexity index is 253. The first kappa shape index (κ1) is 16.4. The number of carbonyl (C=O) groups is 1. The second kappa shape index (κ2) is 9.32. The van der Waals surface area contributed by atoms with E-state index in [1.54, 1.807) is 0 Å². The van der Waals surface area contributed by atoms with Crippen LogP contribution in [0.15, 0.2) is 0 Å². The molecular formula is C15H30N2O2. The van der Waals surface area contributed by atoms with Crippen molar-refractivity contribution in [3.8, 4) is 0 Å². The van der Waals surface area contributed by atoms with Gasteiger partial charge in [-0.15, -0.1) is 0 Å². The molecule has 1 saturated carbocycles. The van der Waals surface area contributed by atoms with E-state index in [1.807, 2.05) is 13.8 Å². The normalized spacial score (nSPS) is 18.5. The van der Waals surface area contributed by atoms with Crippen molar-refractivity contribution in [1.29, 1.82) is 0 Å². The van der Waals surface area contributed by atoms with E-state index >= 15 is 0 Å². The first-order chi connectivity index (χ1) is 9.19. The van der Waals surface area contributed by atoms with Crippen LogP contribution < -0.4 is 5.32 Å². The number of nitrogens with one attached hydrogen (secondary N) is 1. The number of likely N-dealkylation sites (N-methyl/N-ethyl adjacent to an activating group) is 1. The molecule has 1 fully saturated rings. The quantitative estimate of drug-likeness (QED) is 0.686. The fourth-order valence-corrected chi connectivity index (χ4v) is 2.83. The van der Waals surface area contributed by atoms with Crippen molar-refractivity contribution in [3.05, 3.63) is 0 Å². The molecule has 1 aliphatic rings. The van der Waals surface area contributed by atoms with Crippen LogP contribution in [0.3, 0.4) is 0 Å². The lowest BCUT2D eigenvalue weighted by atomic mass is 9.94. The summed E-state index contributed by atoms with van der Waals surface area (Å²) in [5.41, 5.74) is 0. The van der Waals surface area contributed by atoms with E-state index in [-0.39, 0.29) is 12.0 Å². The van der Waals surface area contributed by atoms with Gasteiger partial charge in [0.05, 0.1) is 6.61 Å². The van der Waals surface area contributed by atoms with E-state index in [0.29, 0.717) is 12.6 Å². The maximum absolute atomic E-state index is 11.8. The van der Waals surface area contributed by atoms with Crippen molar-refractivity contribution < 1.29 is 9.53 Å². The Morgan fingerprint density at radius 1 is 1.32 bits per heavy atom. The Morgan fingerprint density at radius 2 is 2.00 bits per heavy atom. The molecule has 0 heterocycles. The molecule has 4 nitrogen and oxygen atoms in total. The summed E-state index contributed by atoms with van der Waals surface area (Å²) in [5, 5.41) is 3.22. The number of esters is 1. The lowest BCUT2D eigenvalue weighted by Gasteiger charge is -2.32. The van der Waals surface area contributed by atoms with Crippen LogP contribution in [0.5, 0.6) is 0 Å². The van der Waals surface area contributed by atoms with E-state index in [2.05, 4.69) is 17.3 Å². The maximum Gasteiger partial charge on any atom is 0.323 e. The highest BCUT2D eigenvalue weighted by Crippen LogP contribution is 2.21. The molecule has 19 heavy (non-hydrogen) atoms. The maximum atomic E-state index is 11.8. The van der Waals surface area contributed by atoms with Gasteiger partial charge in [0.15, 0.2) is 0 Å². The minimum atomic E-state index is -0.156. The van der Waals surface area contributed by atoms with E-state index < -0.39 is 0 Å². The molecule has 0 spiro atoms. The smallest absolute Gasteiger partial charge is 0.323 e. The molecule has 0 radical (unpaired) electrons. The summed E-state index contributed by atoms with van der Waals surface area (Å²) in [6.07, 6.45) is 7.53. The van der Waals surface area contributed by atoms with Crippen LogP contribution in [0.4, 0.5) is 0 Å². The molecule has 1 N–H and O–H groups in total. The molecule has 0 aromatic heterocycles. The van der Waals surface area contributed by atoms with Crippen molar-refractivity contribution in [2.75, 3.05) is 26.7 Å². The highest BCUT2D eigenvalue weighted by Gasteiger charge is 2.22. The van der Waals surface area contributed by atoms with Gasteiger partial charge >= 0.3 is 5.97 Å². The molecule has 0 aromatic carbocycles. The number of hydrogen-bond acceptors (Lipinski definition) is 4. The fraction of sp³-hybridized carbons (Fsp3) is 0.933. The Balaban J connectivity index is 2.34. The van der Waals surface area contributed by atoms with Crippen LogP contribution in [0.1, 0.15) is 52.4 Å². The van der Waals surface area contributed by atoms with E-state index in [9.17, 15) is 4.79 Å². The summed E-state index contributed by atoms with van der Waals surface area (Å²) in [6.45, 7) is 6.10. The van der Waals surface area contributed by atoms with Gasteiger partial charge in [-0.3, -0.25) is 4.79 Å². The molecule has 0 amide bonds.